The summed E-state index contributed by atoms with van der Waals surface area (Å²) in [5, 5.41) is 2.85. The molecule has 5 heteroatoms. The molecule has 1 saturated carbocycles. The molecule has 0 aromatic heterocycles. The summed E-state index contributed by atoms with van der Waals surface area (Å²) in [6, 6.07) is 11.8. The van der Waals surface area contributed by atoms with Crippen LogP contribution in [0.15, 0.2) is 42.5 Å². The topological polar surface area (TPSA) is 47.6 Å². The Bertz CT molecular complexity index is 732. The third-order valence-corrected chi connectivity index (χ3v) is 4.10. The minimum Gasteiger partial charge on any atom is -0.497 e. The van der Waals surface area contributed by atoms with Gasteiger partial charge >= 0.3 is 0 Å². The van der Waals surface area contributed by atoms with Crippen LogP contribution in [0.5, 0.6) is 11.5 Å². The number of ether oxygens (including phenoxy) is 2. The van der Waals surface area contributed by atoms with Crippen LogP contribution in [-0.4, -0.2) is 20.1 Å². The summed E-state index contributed by atoms with van der Waals surface area (Å²) in [6.45, 7) is 0. The Kier molecular flexibility index (Phi) is 4.19. The number of anilines is 1. The van der Waals surface area contributed by atoms with Crippen molar-refractivity contribution in [1.82, 2.24) is 0 Å². The monoisotopic (exact) mass is 315 g/mol. The normalized spacial score (nSPS) is 19.1. The van der Waals surface area contributed by atoms with E-state index in [2.05, 4.69) is 5.32 Å². The predicted octanol–water partition coefficient (Wildman–Crippen LogP) is 3.59. The molecule has 0 saturated heterocycles. The summed E-state index contributed by atoms with van der Waals surface area (Å²) in [7, 11) is 3.10. The zero-order chi connectivity index (χ0) is 16.4. The maximum atomic E-state index is 13.8. The molecule has 0 spiro atoms. The first-order chi connectivity index (χ1) is 11.1. The number of halogens is 1. The van der Waals surface area contributed by atoms with Crippen molar-refractivity contribution < 1.29 is 18.7 Å². The molecule has 0 aliphatic heterocycles. The molecule has 1 amide bonds. The fourth-order valence-electron chi connectivity index (χ4n) is 2.73. The first kappa shape index (κ1) is 15.3. The van der Waals surface area contributed by atoms with Gasteiger partial charge in [-0.1, -0.05) is 18.2 Å². The standard InChI is InChI=1S/C18H18FNO3/c1-22-11-7-8-16(17(9-11)23-2)20-18(21)14-10-13(14)12-5-3-4-6-15(12)19/h3-9,13-14H,10H2,1-2H3,(H,20,21)/t13-,14-/m1/s1. The van der Waals surface area contributed by atoms with Crippen molar-refractivity contribution in [2.24, 2.45) is 5.92 Å². The number of nitrogens with one attached hydrogen (secondary N) is 1. The fourth-order valence-corrected chi connectivity index (χ4v) is 2.73. The lowest BCUT2D eigenvalue weighted by atomic mass is 10.1. The molecule has 0 unspecified atom stereocenters. The summed E-state index contributed by atoms with van der Waals surface area (Å²) < 4.78 is 24.2. The summed E-state index contributed by atoms with van der Waals surface area (Å²) in [5.41, 5.74) is 1.19. The molecule has 120 valence electrons. The van der Waals surface area contributed by atoms with E-state index < -0.39 is 0 Å². The predicted molar refractivity (Wildman–Crippen MR) is 85.4 cm³/mol. The van der Waals surface area contributed by atoms with E-state index in [0.29, 0.717) is 29.2 Å². The smallest absolute Gasteiger partial charge is 0.228 e. The Morgan fingerprint density at radius 1 is 1.17 bits per heavy atom. The van der Waals surface area contributed by atoms with Crippen molar-refractivity contribution in [3.63, 3.8) is 0 Å². The third-order valence-electron chi connectivity index (χ3n) is 4.10. The SMILES string of the molecule is COc1ccc(NC(=O)[C@@H]2C[C@@H]2c2ccccc2F)c(OC)c1. The average Bonchev–Trinajstić information content (AvgIpc) is 3.36. The zero-order valence-electron chi connectivity index (χ0n) is 13.0. The zero-order valence-corrected chi connectivity index (χ0v) is 13.0. The molecule has 4 nitrogen and oxygen atoms in total. The van der Waals surface area contributed by atoms with E-state index in [9.17, 15) is 9.18 Å². The van der Waals surface area contributed by atoms with E-state index in [0.717, 1.165) is 0 Å². The highest BCUT2D eigenvalue weighted by atomic mass is 19.1. The van der Waals surface area contributed by atoms with Gasteiger partial charge < -0.3 is 14.8 Å². The molecule has 2 aromatic carbocycles. The molecule has 0 radical (unpaired) electrons. The Morgan fingerprint density at radius 3 is 2.65 bits per heavy atom. The van der Waals surface area contributed by atoms with Crippen molar-refractivity contribution in [2.75, 3.05) is 19.5 Å². The lowest BCUT2D eigenvalue weighted by Gasteiger charge is -2.11. The van der Waals surface area contributed by atoms with Gasteiger partial charge in [0.15, 0.2) is 0 Å². The van der Waals surface area contributed by atoms with Crippen molar-refractivity contribution in [3.8, 4) is 11.5 Å². The van der Waals surface area contributed by atoms with E-state index in [1.54, 1.807) is 43.5 Å². The van der Waals surface area contributed by atoms with E-state index in [-0.39, 0.29) is 23.6 Å². The molecule has 1 fully saturated rings. The summed E-state index contributed by atoms with van der Waals surface area (Å²) >= 11 is 0. The molecule has 1 N–H and O–H groups in total. The number of carbonyl (C=O) groups is 1. The van der Waals surface area contributed by atoms with Crippen LogP contribution >= 0.6 is 0 Å². The van der Waals surface area contributed by atoms with Gasteiger partial charge in [-0.2, -0.15) is 0 Å². The largest absolute Gasteiger partial charge is 0.497 e. The van der Waals surface area contributed by atoms with Crippen LogP contribution in [0.25, 0.3) is 0 Å². The Morgan fingerprint density at radius 2 is 1.96 bits per heavy atom. The molecular formula is C18H18FNO3. The molecular weight excluding hydrogens is 297 g/mol. The second-order valence-corrected chi connectivity index (χ2v) is 5.53. The highest BCUT2D eigenvalue weighted by Crippen LogP contribution is 2.49. The number of rotatable bonds is 5. The minimum atomic E-state index is -0.255. The lowest BCUT2D eigenvalue weighted by molar-refractivity contribution is -0.117. The summed E-state index contributed by atoms with van der Waals surface area (Å²) in [5.74, 6) is 0.534. The van der Waals surface area contributed by atoms with Crippen molar-refractivity contribution in [2.45, 2.75) is 12.3 Å². The lowest BCUT2D eigenvalue weighted by Crippen LogP contribution is -2.15. The van der Waals surface area contributed by atoms with Gasteiger partial charge in [0, 0.05) is 12.0 Å². The number of benzene rings is 2. The van der Waals surface area contributed by atoms with Gasteiger partial charge in [-0.3, -0.25) is 4.79 Å². The first-order valence-electron chi connectivity index (χ1n) is 7.41. The van der Waals surface area contributed by atoms with Gasteiger partial charge in [0.05, 0.1) is 19.9 Å². The number of methoxy groups -OCH3 is 2. The van der Waals surface area contributed by atoms with E-state index in [1.165, 1.54) is 13.2 Å². The van der Waals surface area contributed by atoms with Gasteiger partial charge in [-0.05, 0) is 36.1 Å². The van der Waals surface area contributed by atoms with Gasteiger partial charge in [0.2, 0.25) is 5.91 Å². The summed E-state index contributed by atoms with van der Waals surface area (Å²) in [4.78, 5) is 12.4. The quantitative estimate of drug-likeness (QED) is 0.917. The van der Waals surface area contributed by atoms with E-state index >= 15 is 0 Å². The molecule has 2 aromatic rings. The average molecular weight is 315 g/mol. The minimum absolute atomic E-state index is 0.0551. The molecule has 0 heterocycles. The first-order valence-corrected chi connectivity index (χ1v) is 7.41. The molecule has 0 bridgehead atoms. The molecule has 1 aliphatic rings. The van der Waals surface area contributed by atoms with Gasteiger partial charge in [-0.15, -0.1) is 0 Å². The number of carbonyl (C=O) groups excluding carboxylic acids is 1. The summed E-state index contributed by atoms with van der Waals surface area (Å²) in [6.07, 6.45) is 0.658. The second-order valence-electron chi connectivity index (χ2n) is 5.53. The van der Waals surface area contributed by atoms with E-state index in [1.807, 2.05) is 0 Å². The third kappa shape index (κ3) is 3.13. The van der Waals surface area contributed by atoms with E-state index in [4.69, 9.17) is 9.47 Å². The van der Waals surface area contributed by atoms with Crippen molar-refractivity contribution >= 4 is 11.6 Å². The van der Waals surface area contributed by atoms with Gasteiger partial charge in [0.25, 0.3) is 0 Å². The molecule has 2 atom stereocenters. The number of hydrogen-bond donors (Lipinski definition) is 1. The van der Waals surface area contributed by atoms with Gasteiger partial charge in [0.1, 0.15) is 17.3 Å². The fraction of sp³-hybridized carbons (Fsp3) is 0.278. The maximum absolute atomic E-state index is 13.8. The van der Waals surface area contributed by atoms with Crippen molar-refractivity contribution in [3.05, 3.63) is 53.8 Å². The second kappa shape index (κ2) is 6.28. The maximum Gasteiger partial charge on any atom is 0.228 e. The van der Waals surface area contributed by atoms with Crippen LogP contribution < -0.4 is 14.8 Å². The molecule has 3 rings (SSSR count). The highest BCUT2D eigenvalue weighted by Gasteiger charge is 2.45. The highest BCUT2D eigenvalue weighted by molar-refractivity contribution is 5.96. The molecule has 23 heavy (non-hydrogen) atoms. The Balaban J connectivity index is 1.71. The van der Waals surface area contributed by atoms with Crippen molar-refractivity contribution in [1.29, 1.82) is 0 Å². The van der Waals surface area contributed by atoms with Crippen LogP contribution in [0.4, 0.5) is 10.1 Å². The number of amides is 1. The number of hydrogen-bond acceptors (Lipinski definition) is 3. The van der Waals surface area contributed by atoms with Crippen LogP contribution in [0.3, 0.4) is 0 Å². The van der Waals surface area contributed by atoms with Crippen LogP contribution in [-0.2, 0) is 4.79 Å². The van der Waals surface area contributed by atoms with Crippen LogP contribution in [0, 0.1) is 11.7 Å². The van der Waals surface area contributed by atoms with Crippen LogP contribution in [0.2, 0.25) is 0 Å². The molecule has 1 aliphatic carbocycles. The Labute approximate surface area is 134 Å². The Hall–Kier alpha value is -2.56. The van der Waals surface area contributed by atoms with Gasteiger partial charge in [-0.25, -0.2) is 4.39 Å². The van der Waals surface area contributed by atoms with Crippen LogP contribution in [0.1, 0.15) is 17.9 Å².